The van der Waals surface area contributed by atoms with Crippen LogP contribution in [-0.2, 0) is 0 Å². The molecule has 0 aliphatic carbocycles. The van der Waals surface area contributed by atoms with E-state index in [-0.39, 0.29) is 6.04 Å². The van der Waals surface area contributed by atoms with Crippen LogP contribution in [0.15, 0.2) is 12.3 Å². The molecule has 0 aromatic carbocycles. The van der Waals surface area contributed by atoms with Crippen molar-refractivity contribution in [2.45, 2.75) is 32.7 Å². The molecule has 1 heterocycles. The summed E-state index contributed by atoms with van der Waals surface area (Å²) >= 11 is 0. The minimum atomic E-state index is 0.279. The van der Waals surface area contributed by atoms with E-state index in [0.29, 0.717) is 12.5 Å². The zero-order valence-corrected chi connectivity index (χ0v) is 8.83. The average molecular weight is 194 g/mol. The van der Waals surface area contributed by atoms with Crippen molar-refractivity contribution in [1.29, 1.82) is 0 Å². The van der Waals surface area contributed by atoms with Gasteiger partial charge in [0, 0.05) is 24.5 Å². The highest BCUT2D eigenvalue weighted by Gasteiger charge is 2.06. The molecule has 0 amide bonds. The number of aryl methyl sites for hydroxylation is 1. The highest BCUT2D eigenvalue weighted by atomic mass is 15.1. The fourth-order valence-corrected chi connectivity index (χ4v) is 1.30. The summed E-state index contributed by atoms with van der Waals surface area (Å²) in [6.07, 6.45) is 3.92. The first-order chi connectivity index (χ1) is 6.76. The van der Waals surface area contributed by atoms with E-state index < -0.39 is 0 Å². The maximum absolute atomic E-state index is 5.63. The normalized spacial score (nSPS) is 12.5. The van der Waals surface area contributed by atoms with Crippen LogP contribution in [0, 0.1) is 6.92 Å². The number of anilines is 1. The molecule has 1 aromatic rings. The van der Waals surface area contributed by atoms with Gasteiger partial charge in [0.05, 0.1) is 0 Å². The maximum Gasteiger partial charge on any atom is 0.223 e. The molecule has 4 heteroatoms. The molecule has 78 valence electrons. The van der Waals surface area contributed by atoms with E-state index >= 15 is 0 Å². The van der Waals surface area contributed by atoms with Gasteiger partial charge in [-0.15, -0.1) is 0 Å². The first kappa shape index (κ1) is 10.9. The average Bonchev–Trinajstić information content (AvgIpc) is 2.17. The lowest BCUT2D eigenvalue weighted by molar-refractivity contribution is 0.642. The van der Waals surface area contributed by atoms with Gasteiger partial charge in [0.15, 0.2) is 0 Å². The zero-order chi connectivity index (χ0) is 10.4. The van der Waals surface area contributed by atoms with E-state index in [0.717, 1.165) is 18.5 Å². The van der Waals surface area contributed by atoms with Crippen LogP contribution < -0.4 is 11.1 Å². The SMILES string of the molecule is CCCC(CN)Nc1nccc(C)n1. The molecule has 0 aliphatic rings. The van der Waals surface area contributed by atoms with Gasteiger partial charge in [0.2, 0.25) is 5.95 Å². The molecular formula is C10H18N4. The quantitative estimate of drug-likeness (QED) is 0.742. The van der Waals surface area contributed by atoms with Gasteiger partial charge in [-0.25, -0.2) is 9.97 Å². The van der Waals surface area contributed by atoms with Crippen LogP contribution in [0.5, 0.6) is 0 Å². The van der Waals surface area contributed by atoms with E-state index in [1.54, 1.807) is 6.20 Å². The second-order valence-electron chi connectivity index (χ2n) is 3.39. The number of rotatable bonds is 5. The van der Waals surface area contributed by atoms with Crippen molar-refractivity contribution in [2.75, 3.05) is 11.9 Å². The topological polar surface area (TPSA) is 63.8 Å². The lowest BCUT2D eigenvalue weighted by atomic mass is 10.2. The third-order valence-corrected chi connectivity index (χ3v) is 2.05. The summed E-state index contributed by atoms with van der Waals surface area (Å²) in [5.74, 6) is 0.675. The molecule has 14 heavy (non-hydrogen) atoms. The van der Waals surface area contributed by atoms with Crippen molar-refractivity contribution in [2.24, 2.45) is 5.73 Å². The lowest BCUT2D eigenvalue weighted by Gasteiger charge is -2.15. The fourth-order valence-electron chi connectivity index (χ4n) is 1.30. The molecule has 1 atom stereocenters. The van der Waals surface area contributed by atoms with E-state index in [1.165, 1.54) is 0 Å². The molecule has 0 saturated heterocycles. The van der Waals surface area contributed by atoms with Gasteiger partial charge in [-0.05, 0) is 19.4 Å². The van der Waals surface area contributed by atoms with Crippen LogP contribution in [0.4, 0.5) is 5.95 Å². The Bertz CT molecular complexity index is 275. The van der Waals surface area contributed by atoms with Crippen molar-refractivity contribution in [3.63, 3.8) is 0 Å². The van der Waals surface area contributed by atoms with E-state index in [2.05, 4.69) is 22.2 Å². The zero-order valence-electron chi connectivity index (χ0n) is 8.83. The molecule has 0 spiro atoms. The van der Waals surface area contributed by atoms with Crippen molar-refractivity contribution in [3.05, 3.63) is 18.0 Å². The van der Waals surface area contributed by atoms with Crippen LogP contribution in [0.3, 0.4) is 0 Å². The Balaban J connectivity index is 2.57. The largest absolute Gasteiger partial charge is 0.350 e. The van der Waals surface area contributed by atoms with Crippen LogP contribution in [0.1, 0.15) is 25.5 Å². The predicted molar refractivity (Wildman–Crippen MR) is 58.1 cm³/mol. The summed E-state index contributed by atoms with van der Waals surface area (Å²) in [5.41, 5.74) is 6.59. The van der Waals surface area contributed by atoms with Gasteiger partial charge in [0.25, 0.3) is 0 Å². The Kier molecular flexibility index (Phi) is 4.32. The number of nitrogens with one attached hydrogen (secondary N) is 1. The molecule has 0 fully saturated rings. The van der Waals surface area contributed by atoms with Crippen molar-refractivity contribution in [3.8, 4) is 0 Å². The van der Waals surface area contributed by atoms with Gasteiger partial charge in [-0.1, -0.05) is 13.3 Å². The Hall–Kier alpha value is -1.16. The molecule has 1 unspecified atom stereocenters. The van der Waals surface area contributed by atoms with Gasteiger partial charge >= 0.3 is 0 Å². The minimum absolute atomic E-state index is 0.279. The Morgan fingerprint density at radius 2 is 2.36 bits per heavy atom. The lowest BCUT2D eigenvalue weighted by Crippen LogP contribution is -2.29. The first-order valence-corrected chi connectivity index (χ1v) is 5.02. The number of hydrogen-bond donors (Lipinski definition) is 2. The van der Waals surface area contributed by atoms with E-state index in [9.17, 15) is 0 Å². The second kappa shape index (κ2) is 5.54. The molecule has 0 saturated carbocycles. The van der Waals surface area contributed by atoms with E-state index in [1.807, 2.05) is 13.0 Å². The predicted octanol–water partition coefficient (Wildman–Crippen LogP) is 1.32. The van der Waals surface area contributed by atoms with Crippen LogP contribution in [0.25, 0.3) is 0 Å². The third kappa shape index (κ3) is 3.30. The Morgan fingerprint density at radius 3 is 2.93 bits per heavy atom. The third-order valence-electron chi connectivity index (χ3n) is 2.05. The summed E-state index contributed by atoms with van der Waals surface area (Å²) in [6.45, 7) is 4.71. The Morgan fingerprint density at radius 1 is 1.57 bits per heavy atom. The summed E-state index contributed by atoms with van der Waals surface area (Å²) in [4.78, 5) is 8.40. The Labute approximate surface area is 85.0 Å². The standard InChI is InChI=1S/C10H18N4/c1-3-4-9(7-11)14-10-12-6-5-8(2)13-10/h5-6,9H,3-4,7,11H2,1-2H3,(H,12,13,14). The molecule has 1 rings (SSSR count). The smallest absolute Gasteiger partial charge is 0.223 e. The molecule has 4 nitrogen and oxygen atoms in total. The molecule has 1 aromatic heterocycles. The molecule has 0 aliphatic heterocycles. The van der Waals surface area contributed by atoms with Gasteiger partial charge in [-0.3, -0.25) is 0 Å². The first-order valence-electron chi connectivity index (χ1n) is 5.02. The molecule has 0 radical (unpaired) electrons. The summed E-state index contributed by atoms with van der Waals surface area (Å²) in [5, 5.41) is 3.22. The van der Waals surface area contributed by atoms with Gasteiger partial charge in [-0.2, -0.15) is 0 Å². The van der Waals surface area contributed by atoms with Crippen LogP contribution >= 0.6 is 0 Å². The number of nitrogens with two attached hydrogens (primary N) is 1. The fraction of sp³-hybridized carbons (Fsp3) is 0.600. The summed E-state index contributed by atoms with van der Waals surface area (Å²) in [6, 6.07) is 2.16. The van der Waals surface area contributed by atoms with Crippen molar-refractivity contribution < 1.29 is 0 Å². The minimum Gasteiger partial charge on any atom is -0.350 e. The van der Waals surface area contributed by atoms with Crippen molar-refractivity contribution >= 4 is 5.95 Å². The highest BCUT2D eigenvalue weighted by Crippen LogP contribution is 2.04. The van der Waals surface area contributed by atoms with Gasteiger partial charge in [0.1, 0.15) is 0 Å². The van der Waals surface area contributed by atoms with Crippen LogP contribution in [-0.4, -0.2) is 22.6 Å². The molecular weight excluding hydrogens is 176 g/mol. The summed E-state index contributed by atoms with van der Waals surface area (Å²) < 4.78 is 0. The maximum atomic E-state index is 5.63. The van der Waals surface area contributed by atoms with E-state index in [4.69, 9.17) is 5.73 Å². The van der Waals surface area contributed by atoms with Gasteiger partial charge < -0.3 is 11.1 Å². The highest BCUT2D eigenvalue weighted by molar-refractivity contribution is 5.26. The van der Waals surface area contributed by atoms with Crippen molar-refractivity contribution in [1.82, 2.24) is 9.97 Å². The van der Waals surface area contributed by atoms with Crippen LogP contribution in [0.2, 0.25) is 0 Å². The monoisotopic (exact) mass is 194 g/mol. The second-order valence-corrected chi connectivity index (χ2v) is 3.39. The number of aromatic nitrogens is 2. The number of hydrogen-bond acceptors (Lipinski definition) is 4. The molecule has 3 N–H and O–H groups in total. The number of nitrogens with zero attached hydrogens (tertiary/aromatic N) is 2. The molecule has 0 bridgehead atoms. The summed E-state index contributed by atoms with van der Waals surface area (Å²) in [7, 11) is 0.